The number of aromatic nitrogens is 3. The summed E-state index contributed by atoms with van der Waals surface area (Å²) in [6.45, 7) is 10.5. The van der Waals surface area contributed by atoms with E-state index in [0.29, 0.717) is 18.9 Å². The number of nitrogens with zero attached hydrogens (tertiary/aromatic N) is 3. The molecule has 3 aromatic rings. The van der Waals surface area contributed by atoms with Gasteiger partial charge in [-0.05, 0) is 31.4 Å². The van der Waals surface area contributed by atoms with Crippen molar-refractivity contribution < 1.29 is 4.52 Å². The lowest BCUT2D eigenvalue weighted by molar-refractivity contribution is 0.372. The highest BCUT2D eigenvalue weighted by atomic mass is 16.5. The van der Waals surface area contributed by atoms with Crippen molar-refractivity contribution in [3.8, 4) is 0 Å². The fourth-order valence-electron chi connectivity index (χ4n) is 3.10. The molecule has 3 N–H and O–H groups in total. The number of fused-ring (bicyclic) bond motifs is 1. The number of para-hydroxylation sites is 1. The first-order valence-electron chi connectivity index (χ1n) is 9.98. The second-order valence-electron chi connectivity index (χ2n) is 7.20. The molecule has 0 aliphatic heterocycles. The maximum absolute atomic E-state index is 5.27. The molecule has 0 saturated carbocycles. The lowest BCUT2D eigenvalue weighted by atomic mass is 10.1. The van der Waals surface area contributed by atoms with E-state index in [2.05, 4.69) is 82.8 Å². The summed E-state index contributed by atoms with van der Waals surface area (Å²) in [5, 5.41) is 12.0. The monoisotopic (exact) mass is 382 g/mol. The molecule has 3 rings (SSSR count). The number of benzene rings is 1. The summed E-state index contributed by atoms with van der Waals surface area (Å²) in [5.41, 5.74) is 3.81. The van der Waals surface area contributed by atoms with Crippen LogP contribution in [0.2, 0.25) is 0 Å². The Hall–Kier alpha value is -2.83. The Morgan fingerprint density at radius 3 is 2.86 bits per heavy atom. The van der Waals surface area contributed by atoms with Gasteiger partial charge in [-0.25, -0.2) is 0 Å². The molecule has 0 spiro atoms. The minimum atomic E-state index is 0.272. The standard InChI is InChI=1S/C21H30N6O/c1-5-22-21(24-12-10-18-26-20(14(2)3)27-28-18)23-11-9-16-13-25-19-15(4)7-6-8-17(16)19/h6-8,13-14,25H,5,9-12H2,1-4H3,(H2,22,23,24). The van der Waals surface area contributed by atoms with Crippen LogP contribution in [0.3, 0.4) is 0 Å². The minimum Gasteiger partial charge on any atom is -0.361 e. The van der Waals surface area contributed by atoms with Crippen molar-refractivity contribution in [2.75, 3.05) is 19.6 Å². The fraction of sp³-hybridized carbons (Fsp3) is 0.476. The number of nitrogens with one attached hydrogen (secondary N) is 3. The number of aromatic amines is 1. The highest BCUT2D eigenvalue weighted by Gasteiger charge is 2.09. The molecule has 28 heavy (non-hydrogen) atoms. The van der Waals surface area contributed by atoms with E-state index in [-0.39, 0.29) is 5.92 Å². The fourth-order valence-corrected chi connectivity index (χ4v) is 3.10. The van der Waals surface area contributed by atoms with Crippen LogP contribution in [0.1, 0.15) is 49.5 Å². The summed E-state index contributed by atoms with van der Waals surface area (Å²) < 4.78 is 5.27. The number of rotatable bonds is 8. The first kappa shape index (κ1) is 19.9. The van der Waals surface area contributed by atoms with E-state index in [1.165, 1.54) is 22.0 Å². The number of guanidine groups is 1. The van der Waals surface area contributed by atoms with E-state index < -0.39 is 0 Å². The van der Waals surface area contributed by atoms with Crippen molar-refractivity contribution in [3.63, 3.8) is 0 Å². The predicted molar refractivity (Wildman–Crippen MR) is 113 cm³/mol. The van der Waals surface area contributed by atoms with Crippen molar-refractivity contribution >= 4 is 16.9 Å². The Morgan fingerprint density at radius 2 is 2.11 bits per heavy atom. The van der Waals surface area contributed by atoms with Crippen LogP contribution >= 0.6 is 0 Å². The van der Waals surface area contributed by atoms with E-state index >= 15 is 0 Å². The number of hydrogen-bond donors (Lipinski definition) is 3. The molecule has 0 aliphatic rings. The van der Waals surface area contributed by atoms with Gasteiger partial charge in [-0.3, -0.25) is 4.99 Å². The van der Waals surface area contributed by atoms with Gasteiger partial charge in [0.15, 0.2) is 11.8 Å². The zero-order chi connectivity index (χ0) is 19.9. The maximum atomic E-state index is 5.27. The van der Waals surface area contributed by atoms with Gasteiger partial charge in [0, 0.05) is 42.5 Å². The van der Waals surface area contributed by atoms with Crippen LogP contribution in [-0.4, -0.2) is 40.7 Å². The molecule has 7 heteroatoms. The highest BCUT2D eigenvalue weighted by Crippen LogP contribution is 2.21. The van der Waals surface area contributed by atoms with E-state index in [9.17, 15) is 0 Å². The van der Waals surface area contributed by atoms with E-state index in [1.807, 2.05) is 0 Å². The second kappa shape index (κ2) is 9.39. The smallest absolute Gasteiger partial charge is 0.228 e. The van der Waals surface area contributed by atoms with Gasteiger partial charge in [0.05, 0.1) is 6.54 Å². The third-order valence-corrected chi connectivity index (χ3v) is 4.64. The third kappa shape index (κ3) is 4.91. The minimum absolute atomic E-state index is 0.272. The number of H-pyrrole nitrogens is 1. The predicted octanol–water partition coefficient (Wildman–Crippen LogP) is 3.32. The summed E-state index contributed by atoms with van der Waals surface area (Å²) in [5.74, 6) is 2.46. The molecule has 2 heterocycles. The van der Waals surface area contributed by atoms with Crippen LogP contribution in [0.25, 0.3) is 10.9 Å². The highest BCUT2D eigenvalue weighted by molar-refractivity contribution is 5.86. The average molecular weight is 383 g/mol. The Labute approximate surface area is 166 Å². The topological polar surface area (TPSA) is 91.1 Å². The molecule has 7 nitrogen and oxygen atoms in total. The Bertz CT molecular complexity index is 924. The normalized spacial score (nSPS) is 12.1. The first-order chi connectivity index (χ1) is 13.6. The van der Waals surface area contributed by atoms with E-state index in [4.69, 9.17) is 4.52 Å². The van der Waals surface area contributed by atoms with Crippen molar-refractivity contribution in [2.24, 2.45) is 4.99 Å². The van der Waals surface area contributed by atoms with Gasteiger partial charge in [-0.1, -0.05) is 37.2 Å². The van der Waals surface area contributed by atoms with E-state index in [1.54, 1.807) is 0 Å². The van der Waals surface area contributed by atoms with E-state index in [0.717, 1.165) is 31.3 Å². The molecule has 0 fully saturated rings. The van der Waals surface area contributed by atoms with Gasteiger partial charge in [0.1, 0.15) is 0 Å². The van der Waals surface area contributed by atoms with Crippen LogP contribution in [0.5, 0.6) is 0 Å². The molecular weight excluding hydrogens is 352 g/mol. The Kier molecular flexibility index (Phi) is 6.68. The number of hydrogen-bond acceptors (Lipinski definition) is 4. The summed E-state index contributed by atoms with van der Waals surface area (Å²) >= 11 is 0. The molecule has 0 atom stereocenters. The summed E-state index contributed by atoms with van der Waals surface area (Å²) in [4.78, 5) is 12.4. The van der Waals surface area contributed by atoms with Crippen molar-refractivity contribution in [3.05, 3.63) is 47.2 Å². The first-order valence-corrected chi connectivity index (χ1v) is 9.98. The van der Waals surface area contributed by atoms with Crippen molar-refractivity contribution in [1.29, 1.82) is 0 Å². The molecule has 1 aromatic carbocycles. The largest absolute Gasteiger partial charge is 0.361 e. The van der Waals surface area contributed by atoms with Crippen molar-refractivity contribution in [1.82, 2.24) is 25.8 Å². The van der Waals surface area contributed by atoms with Gasteiger partial charge in [0.2, 0.25) is 5.89 Å². The van der Waals surface area contributed by atoms with Gasteiger partial charge < -0.3 is 20.1 Å². The molecule has 0 radical (unpaired) electrons. The van der Waals surface area contributed by atoms with Gasteiger partial charge >= 0.3 is 0 Å². The van der Waals surface area contributed by atoms with Gasteiger partial charge in [0.25, 0.3) is 0 Å². The van der Waals surface area contributed by atoms with Crippen LogP contribution in [-0.2, 0) is 12.8 Å². The average Bonchev–Trinajstić information content (AvgIpc) is 3.30. The zero-order valence-electron chi connectivity index (χ0n) is 17.2. The van der Waals surface area contributed by atoms with Crippen LogP contribution < -0.4 is 10.6 Å². The molecule has 0 unspecified atom stereocenters. The molecule has 0 amide bonds. The third-order valence-electron chi connectivity index (χ3n) is 4.64. The number of aryl methyl sites for hydroxylation is 1. The SMILES string of the molecule is CCNC(=NCCc1nc(C(C)C)no1)NCCc1c[nH]c2c(C)cccc12. The van der Waals surface area contributed by atoms with Crippen LogP contribution in [0.15, 0.2) is 33.9 Å². The summed E-state index contributed by atoms with van der Waals surface area (Å²) in [7, 11) is 0. The summed E-state index contributed by atoms with van der Waals surface area (Å²) in [6, 6.07) is 6.41. The number of aliphatic imine (C=N–C) groups is 1. The van der Waals surface area contributed by atoms with Gasteiger partial charge in [-0.15, -0.1) is 0 Å². The van der Waals surface area contributed by atoms with Crippen LogP contribution in [0.4, 0.5) is 0 Å². The Morgan fingerprint density at radius 1 is 1.25 bits per heavy atom. The molecule has 0 aliphatic carbocycles. The summed E-state index contributed by atoms with van der Waals surface area (Å²) in [6.07, 6.45) is 3.67. The molecule has 0 bridgehead atoms. The van der Waals surface area contributed by atoms with Crippen molar-refractivity contribution in [2.45, 2.75) is 46.5 Å². The lowest BCUT2D eigenvalue weighted by Crippen LogP contribution is -2.38. The van der Waals surface area contributed by atoms with Gasteiger partial charge in [-0.2, -0.15) is 4.98 Å². The molecule has 2 aromatic heterocycles. The van der Waals surface area contributed by atoms with Crippen LogP contribution in [0, 0.1) is 6.92 Å². The lowest BCUT2D eigenvalue weighted by Gasteiger charge is -2.10. The Balaban J connectivity index is 1.53. The second-order valence-corrected chi connectivity index (χ2v) is 7.20. The maximum Gasteiger partial charge on any atom is 0.228 e. The molecule has 0 saturated heterocycles. The quantitative estimate of drug-likeness (QED) is 0.411. The molecule has 150 valence electrons. The zero-order valence-corrected chi connectivity index (χ0v) is 17.2. The molecular formula is C21H30N6O.